The lowest BCUT2D eigenvalue weighted by Crippen LogP contribution is -2.44. The first-order valence-electron chi connectivity index (χ1n) is 7.24. The molecule has 0 radical (unpaired) electrons. The van der Waals surface area contributed by atoms with Crippen molar-refractivity contribution in [3.05, 3.63) is 24.0 Å². The fourth-order valence-corrected chi connectivity index (χ4v) is 2.61. The van der Waals surface area contributed by atoms with Crippen molar-refractivity contribution in [2.24, 2.45) is 5.92 Å². The molecule has 1 aliphatic rings. The van der Waals surface area contributed by atoms with Gasteiger partial charge < -0.3 is 15.3 Å². The fourth-order valence-electron chi connectivity index (χ4n) is 2.61. The number of piperidine rings is 1. The topological polar surface area (TPSA) is 65.5 Å². The molecule has 0 aromatic carbocycles. The summed E-state index contributed by atoms with van der Waals surface area (Å²) in [5, 5.41) is 13.2. The van der Waals surface area contributed by atoms with Gasteiger partial charge in [0.15, 0.2) is 0 Å². The molecule has 1 saturated heterocycles. The first kappa shape index (κ1) is 14.8. The number of hydrogen-bond acceptors (Lipinski definition) is 4. The molecule has 0 saturated carbocycles. The second-order valence-corrected chi connectivity index (χ2v) is 5.66. The molecule has 2 N–H and O–H groups in total. The van der Waals surface area contributed by atoms with Crippen LogP contribution < -0.4 is 5.32 Å². The molecular formula is C15H23N3O2. The van der Waals surface area contributed by atoms with E-state index in [1.807, 2.05) is 18.7 Å². The van der Waals surface area contributed by atoms with Crippen molar-refractivity contribution in [3.63, 3.8) is 0 Å². The van der Waals surface area contributed by atoms with E-state index in [2.05, 4.69) is 10.3 Å². The zero-order valence-corrected chi connectivity index (χ0v) is 12.2. The highest BCUT2D eigenvalue weighted by Crippen LogP contribution is 2.20. The molecule has 5 heteroatoms. The SMILES string of the molecule is CC(C)N(CC1CCCNC1)C(=O)c1ccncc1O. The third kappa shape index (κ3) is 3.48. The molecule has 20 heavy (non-hydrogen) atoms. The van der Waals surface area contributed by atoms with Gasteiger partial charge in [0.1, 0.15) is 5.75 Å². The van der Waals surface area contributed by atoms with Crippen molar-refractivity contribution < 1.29 is 9.90 Å². The number of hydrogen-bond donors (Lipinski definition) is 2. The van der Waals surface area contributed by atoms with Gasteiger partial charge in [-0.25, -0.2) is 0 Å². The van der Waals surface area contributed by atoms with E-state index in [-0.39, 0.29) is 17.7 Å². The van der Waals surface area contributed by atoms with E-state index in [0.717, 1.165) is 32.5 Å². The van der Waals surface area contributed by atoms with Gasteiger partial charge in [-0.05, 0) is 51.8 Å². The maximum absolute atomic E-state index is 12.6. The van der Waals surface area contributed by atoms with Gasteiger partial charge in [-0.2, -0.15) is 0 Å². The van der Waals surface area contributed by atoms with Crippen LogP contribution in [-0.4, -0.2) is 46.6 Å². The molecule has 5 nitrogen and oxygen atoms in total. The first-order chi connectivity index (χ1) is 9.59. The molecule has 110 valence electrons. The average Bonchev–Trinajstić information content (AvgIpc) is 2.45. The van der Waals surface area contributed by atoms with Crippen LogP contribution in [0.25, 0.3) is 0 Å². The molecule has 0 spiro atoms. The molecule has 1 aromatic heterocycles. The largest absolute Gasteiger partial charge is 0.505 e. The van der Waals surface area contributed by atoms with Crippen molar-refractivity contribution in [1.82, 2.24) is 15.2 Å². The van der Waals surface area contributed by atoms with E-state index < -0.39 is 0 Å². The predicted molar refractivity (Wildman–Crippen MR) is 77.7 cm³/mol. The Labute approximate surface area is 120 Å². The van der Waals surface area contributed by atoms with Crippen LogP contribution >= 0.6 is 0 Å². The van der Waals surface area contributed by atoms with Gasteiger partial charge in [-0.1, -0.05) is 0 Å². The Morgan fingerprint density at radius 1 is 1.60 bits per heavy atom. The van der Waals surface area contributed by atoms with Gasteiger partial charge in [0.05, 0.1) is 11.8 Å². The van der Waals surface area contributed by atoms with Crippen molar-refractivity contribution >= 4 is 5.91 Å². The highest BCUT2D eigenvalue weighted by Gasteiger charge is 2.25. The standard InChI is InChI=1S/C15H23N3O2/c1-11(2)18(10-12-4-3-6-16-8-12)15(20)13-5-7-17-9-14(13)19/h5,7,9,11-12,16,19H,3-4,6,8,10H2,1-2H3. The summed E-state index contributed by atoms with van der Waals surface area (Å²) >= 11 is 0. The lowest BCUT2D eigenvalue weighted by Gasteiger charge is -2.33. The molecule has 1 aromatic rings. The Morgan fingerprint density at radius 3 is 3.00 bits per heavy atom. The predicted octanol–water partition coefficient (Wildman–Crippen LogP) is 1.64. The molecular weight excluding hydrogens is 254 g/mol. The summed E-state index contributed by atoms with van der Waals surface area (Å²) in [5.41, 5.74) is 0.331. The van der Waals surface area contributed by atoms with Crippen LogP contribution in [0, 0.1) is 5.92 Å². The second-order valence-electron chi connectivity index (χ2n) is 5.66. The fraction of sp³-hybridized carbons (Fsp3) is 0.600. The van der Waals surface area contributed by atoms with E-state index in [1.165, 1.54) is 12.4 Å². The Kier molecular flexibility index (Phi) is 4.95. The van der Waals surface area contributed by atoms with E-state index in [1.54, 1.807) is 6.07 Å². The Bertz CT molecular complexity index is 456. The number of nitrogens with one attached hydrogen (secondary N) is 1. The summed E-state index contributed by atoms with van der Waals surface area (Å²) < 4.78 is 0. The first-order valence-corrected chi connectivity index (χ1v) is 7.24. The summed E-state index contributed by atoms with van der Waals surface area (Å²) in [7, 11) is 0. The highest BCUT2D eigenvalue weighted by atomic mass is 16.3. The third-order valence-electron chi connectivity index (χ3n) is 3.77. The summed E-state index contributed by atoms with van der Waals surface area (Å²) in [6.45, 7) is 6.76. The molecule has 2 rings (SSSR count). The number of rotatable bonds is 4. The number of carbonyl (C=O) groups is 1. The summed E-state index contributed by atoms with van der Waals surface area (Å²) in [5.74, 6) is 0.314. The smallest absolute Gasteiger partial charge is 0.257 e. The van der Waals surface area contributed by atoms with Crippen LogP contribution in [0.2, 0.25) is 0 Å². The Morgan fingerprint density at radius 2 is 2.40 bits per heavy atom. The summed E-state index contributed by atoms with van der Waals surface area (Å²) in [4.78, 5) is 18.3. The molecule has 1 amide bonds. The summed E-state index contributed by atoms with van der Waals surface area (Å²) in [6, 6.07) is 1.68. The lowest BCUT2D eigenvalue weighted by atomic mass is 9.98. The number of pyridine rings is 1. The molecule has 1 aliphatic heterocycles. The van der Waals surface area contributed by atoms with Gasteiger partial charge >= 0.3 is 0 Å². The zero-order valence-electron chi connectivity index (χ0n) is 12.2. The number of aromatic hydroxyl groups is 1. The molecule has 1 unspecified atom stereocenters. The molecule has 0 bridgehead atoms. The molecule has 2 heterocycles. The third-order valence-corrected chi connectivity index (χ3v) is 3.77. The van der Waals surface area contributed by atoms with Gasteiger partial charge in [0.2, 0.25) is 0 Å². The van der Waals surface area contributed by atoms with Crippen LogP contribution in [0.15, 0.2) is 18.5 Å². The van der Waals surface area contributed by atoms with Gasteiger partial charge in [-0.15, -0.1) is 0 Å². The van der Waals surface area contributed by atoms with Crippen LogP contribution in [-0.2, 0) is 0 Å². The number of aromatic nitrogens is 1. The highest BCUT2D eigenvalue weighted by molar-refractivity contribution is 5.96. The lowest BCUT2D eigenvalue weighted by molar-refractivity contribution is 0.0657. The van der Waals surface area contributed by atoms with Crippen LogP contribution in [0.5, 0.6) is 5.75 Å². The Hall–Kier alpha value is -1.62. The van der Waals surface area contributed by atoms with Crippen LogP contribution in [0.3, 0.4) is 0 Å². The van der Waals surface area contributed by atoms with Crippen molar-refractivity contribution in [2.45, 2.75) is 32.7 Å². The van der Waals surface area contributed by atoms with E-state index in [0.29, 0.717) is 11.5 Å². The number of amides is 1. The van der Waals surface area contributed by atoms with Crippen molar-refractivity contribution in [1.29, 1.82) is 0 Å². The summed E-state index contributed by atoms with van der Waals surface area (Å²) in [6.07, 6.45) is 5.15. The van der Waals surface area contributed by atoms with Gasteiger partial charge in [0, 0.05) is 18.8 Å². The minimum atomic E-state index is -0.120. The minimum absolute atomic E-state index is 0.0510. The van der Waals surface area contributed by atoms with Crippen LogP contribution in [0.4, 0.5) is 0 Å². The normalized spacial score (nSPS) is 19.1. The monoisotopic (exact) mass is 277 g/mol. The van der Waals surface area contributed by atoms with Crippen molar-refractivity contribution in [3.8, 4) is 5.75 Å². The average molecular weight is 277 g/mol. The number of nitrogens with zero attached hydrogens (tertiary/aromatic N) is 2. The zero-order chi connectivity index (χ0) is 14.5. The van der Waals surface area contributed by atoms with Gasteiger partial charge in [0.25, 0.3) is 5.91 Å². The number of carbonyl (C=O) groups excluding carboxylic acids is 1. The van der Waals surface area contributed by atoms with Crippen molar-refractivity contribution in [2.75, 3.05) is 19.6 Å². The molecule has 1 fully saturated rings. The molecule has 1 atom stereocenters. The maximum Gasteiger partial charge on any atom is 0.257 e. The van der Waals surface area contributed by atoms with E-state index >= 15 is 0 Å². The van der Waals surface area contributed by atoms with E-state index in [9.17, 15) is 9.90 Å². The maximum atomic E-state index is 12.6. The quantitative estimate of drug-likeness (QED) is 0.878. The van der Waals surface area contributed by atoms with Crippen LogP contribution in [0.1, 0.15) is 37.0 Å². The van der Waals surface area contributed by atoms with E-state index in [4.69, 9.17) is 0 Å². The minimum Gasteiger partial charge on any atom is -0.505 e. The second kappa shape index (κ2) is 6.70. The molecule has 0 aliphatic carbocycles. The Balaban J connectivity index is 2.11. The van der Waals surface area contributed by atoms with Gasteiger partial charge in [-0.3, -0.25) is 9.78 Å².